The largest absolute Gasteiger partial charge is 0.508 e. The summed E-state index contributed by atoms with van der Waals surface area (Å²) in [7, 11) is -17.3. The Labute approximate surface area is 368 Å². The predicted octanol–water partition coefficient (Wildman–Crippen LogP) is 2.07. The van der Waals surface area contributed by atoms with Crippen molar-refractivity contribution in [2.24, 2.45) is 0 Å². The molecule has 0 aliphatic carbocycles. The van der Waals surface area contributed by atoms with E-state index in [1.165, 1.54) is 34.9 Å². The second kappa shape index (κ2) is 17.2. The fourth-order valence-electron chi connectivity index (χ4n) is 7.22. The van der Waals surface area contributed by atoms with Crippen LogP contribution in [0.25, 0.3) is 11.2 Å². The number of phosphoric ester groups is 1. The predicted molar refractivity (Wildman–Crippen MR) is 220 cm³/mol. The highest BCUT2D eigenvalue weighted by atomic mass is 32.1. The van der Waals surface area contributed by atoms with E-state index in [0.29, 0.717) is 22.4 Å². The van der Waals surface area contributed by atoms with Crippen molar-refractivity contribution in [1.29, 1.82) is 0 Å². The molecule has 1 amide bonds. The van der Waals surface area contributed by atoms with Crippen LogP contribution in [0, 0.1) is 0 Å². The Hall–Kier alpha value is -5.83. The van der Waals surface area contributed by atoms with Crippen LogP contribution in [0.15, 0.2) is 67.3 Å². The number of hydrogen-bond acceptors (Lipinski definition) is 20. The van der Waals surface area contributed by atoms with Crippen LogP contribution in [0.1, 0.15) is 33.3 Å². The number of carbonyl (C=O) groups is 2. The number of alkyl carbamates (subject to hydrolysis) is 1. The number of nitrogens with two attached hydrogens (primary N) is 1. The molecule has 3 aliphatic heterocycles. The summed E-state index contributed by atoms with van der Waals surface area (Å²) in [4.78, 5) is 75.6. The monoisotopic (exact) mass is 982 g/mol. The van der Waals surface area contributed by atoms with Crippen LogP contribution in [0.4, 0.5) is 16.3 Å². The maximum absolute atomic E-state index is 13.5. The summed E-state index contributed by atoms with van der Waals surface area (Å²) in [5, 5.41) is 39.9. The number of carbonyl (C=O) groups excluding carboxylic acids is 2. The van der Waals surface area contributed by atoms with E-state index >= 15 is 0 Å². The van der Waals surface area contributed by atoms with Gasteiger partial charge in [-0.05, 0) is 48.6 Å². The number of amides is 1. The molecule has 3 aliphatic rings. The summed E-state index contributed by atoms with van der Waals surface area (Å²) < 4.78 is 71.9. The second-order valence-electron chi connectivity index (χ2n) is 14.0. The molecule has 0 radical (unpaired) electrons. The van der Waals surface area contributed by atoms with Crippen molar-refractivity contribution >= 4 is 75.5 Å². The third-order valence-electron chi connectivity index (χ3n) is 9.74. The molecular weight excluding hydrogens is 949 g/mol. The quantitative estimate of drug-likeness (QED) is 0.0348. The molecule has 31 heteroatoms. The number of nitrogens with zero attached hydrogens (tertiary/aromatic N) is 4. The topological polar surface area (TPSA) is 397 Å². The minimum atomic E-state index is -5.89. The highest BCUT2D eigenvalue weighted by molar-refractivity contribution is 7.80. The van der Waals surface area contributed by atoms with Gasteiger partial charge in [0.25, 0.3) is 0 Å². The Morgan fingerprint density at radius 1 is 0.892 bits per heavy atom. The lowest BCUT2D eigenvalue weighted by Crippen LogP contribution is -2.43. The zero-order valence-electron chi connectivity index (χ0n) is 32.4. The Kier molecular flexibility index (Phi) is 12.1. The van der Waals surface area contributed by atoms with Crippen molar-refractivity contribution < 1.29 is 90.3 Å². The van der Waals surface area contributed by atoms with Gasteiger partial charge < -0.3 is 75.5 Å². The lowest BCUT2D eigenvalue weighted by Gasteiger charge is -2.36. The number of phenols is 2. The van der Waals surface area contributed by atoms with E-state index in [1.54, 1.807) is 24.3 Å². The number of fused-ring (bicyclic) bond motifs is 7. The molecule has 65 heavy (non-hydrogen) atoms. The van der Waals surface area contributed by atoms with Crippen molar-refractivity contribution in [2.75, 3.05) is 30.7 Å². The molecule has 0 saturated carbocycles. The van der Waals surface area contributed by atoms with Crippen LogP contribution in [-0.2, 0) is 46.7 Å². The fraction of sp³-hybridized carbons (Fsp3) is 0.235. The number of hydrogen-bond donors (Lipinski definition) is 11. The van der Waals surface area contributed by atoms with Gasteiger partial charge in [0, 0.05) is 47.6 Å². The highest BCUT2D eigenvalue weighted by Gasteiger charge is 2.54. The van der Waals surface area contributed by atoms with E-state index in [4.69, 9.17) is 51.2 Å². The second-order valence-corrected chi connectivity index (χ2v) is 18.8. The number of imidazole rings is 1. The number of phosphoric acid groups is 3. The number of nitrogen functional groups attached to an aromatic ring is 1. The van der Waals surface area contributed by atoms with E-state index in [2.05, 4.69) is 39.5 Å². The molecule has 5 aromatic rings. The van der Waals surface area contributed by atoms with Crippen LogP contribution in [0.2, 0.25) is 0 Å². The van der Waals surface area contributed by atoms with Crippen molar-refractivity contribution in [2.45, 2.75) is 30.1 Å². The smallest absolute Gasteiger partial charge is 0.490 e. The van der Waals surface area contributed by atoms with Gasteiger partial charge in [-0.1, -0.05) is 6.07 Å². The number of anilines is 2. The first-order valence-corrected chi connectivity index (χ1v) is 23.3. The van der Waals surface area contributed by atoms with Crippen LogP contribution in [0.5, 0.6) is 23.0 Å². The number of rotatable bonds is 13. The number of nitrogens with one attached hydrogen (secondary N) is 3. The number of aliphatic hydroxyl groups excluding tert-OH is 1. The van der Waals surface area contributed by atoms with Gasteiger partial charge in [-0.2, -0.15) is 8.62 Å². The number of aromatic nitrogens is 4. The maximum Gasteiger partial charge on any atom is 0.490 e. The molecule has 0 bridgehead atoms. The summed E-state index contributed by atoms with van der Waals surface area (Å²) in [6.07, 6.45) is -5.53. The first-order valence-electron chi connectivity index (χ1n) is 18.4. The molecular formula is C34H33N8O19P3S. The third kappa shape index (κ3) is 9.34. The lowest BCUT2D eigenvalue weighted by molar-refractivity contribution is -0.0508. The first-order chi connectivity index (χ1) is 30.6. The molecule has 8 rings (SSSR count). The zero-order valence-corrected chi connectivity index (χ0v) is 35.9. The van der Waals surface area contributed by atoms with Gasteiger partial charge in [-0.25, -0.2) is 38.2 Å². The van der Waals surface area contributed by atoms with Crippen molar-refractivity contribution in [3.63, 3.8) is 0 Å². The molecule has 1 fully saturated rings. The Morgan fingerprint density at radius 3 is 2.23 bits per heavy atom. The normalized spacial score (nSPS) is 21.2. The van der Waals surface area contributed by atoms with Gasteiger partial charge >= 0.3 is 35.5 Å². The van der Waals surface area contributed by atoms with Crippen LogP contribution >= 0.6 is 35.7 Å². The number of benzene rings is 3. The van der Waals surface area contributed by atoms with E-state index in [1.807, 2.05) is 0 Å². The van der Waals surface area contributed by atoms with E-state index < -0.39 is 72.3 Å². The Morgan fingerprint density at radius 2 is 1.55 bits per heavy atom. The van der Waals surface area contributed by atoms with Gasteiger partial charge in [0.05, 0.1) is 18.5 Å². The molecule has 1 saturated heterocycles. The molecule has 2 unspecified atom stereocenters. The van der Waals surface area contributed by atoms with Crippen molar-refractivity contribution in [1.82, 2.24) is 30.2 Å². The van der Waals surface area contributed by atoms with Gasteiger partial charge in [0.1, 0.15) is 47.1 Å². The molecule has 12 N–H and O–H groups in total. The first kappa shape index (κ1) is 45.7. The molecule has 2 aromatic heterocycles. The number of aliphatic hydroxyl groups is 1. The minimum Gasteiger partial charge on any atom is -0.508 e. The van der Waals surface area contributed by atoms with E-state index in [0.717, 1.165) is 12.7 Å². The summed E-state index contributed by atoms with van der Waals surface area (Å²) in [6.45, 7) is -1.28. The maximum atomic E-state index is 13.5. The zero-order chi connectivity index (χ0) is 46.6. The van der Waals surface area contributed by atoms with Crippen LogP contribution in [-0.4, -0.2) is 110 Å². The van der Waals surface area contributed by atoms with Gasteiger partial charge in [0.2, 0.25) is 0 Å². The molecule has 1 spiro atoms. The van der Waals surface area contributed by atoms with E-state index in [9.17, 15) is 48.4 Å². The Bertz CT molecular complexity index is 2850. The van der Waals surface area contributed by atoms with Crippen molar-refractivity contribution in [3.8, 4) is 23.0 Å². The van der Waals surface area contributed by atoms with Gasteiger partial charge in [-0.15, -0.1) is 0 Å². The standard InChI is InChI=1S/C34H33N8O19P3S/c35-28-25-29(39-13-38-28)42(14-40-25)30-26(45)27(24(57-30)12-55-63(51,52)61-64(53,54)60-62(48,49)50)58-33(47)37-8-7-36-32(65)41-15-1-4-19-18(9-15)31(46)59-34(19)20-5-2-16(43)10-22(20)56-23-11-17(44)3-6-21(23)34/h1-6,9-11,13-14,24,26-27,30,43-45H,7-8,12H2,(H,37,47)(H,51,52)(H,53,54)(H2,35,38,39)(H2,36,41,65)(H2,48,49,50)/t24-,26-,27-,30-/m1/s1. The number of ether oxygens (including phenoxy) is 4. The van der Waals surface area contributed by atoms with Crippen LogP contribution in [0.3, 0.4) is 0 Å². The molecule has 344 valence electrons. The van der Waals surface area contributed by atoms with Crippen LogP contribution < -0.4 is 26.4 Å². The van der Waals surface area contributed by atoms with Crippen molar-refractivity contribution in [3.05, 3.63) is 89.5 Å². The average molecular weight is 983 g/mol. The summed E-state index contributed by atoms with van der Waals surface area (Å²) >= 11 is 5.41. The highest BCUT2D eigenvalue weighted by Crippen LogP contribution is 2.66. The van der Waals surface area contributed by atoms with Gasteiger partial charge in [-0.3, -0.25) is 9.09 Å². The summed E-state index contributed by atoms with van der Waals surface area (Å²) in [5.41, 5.74) is 6.40. The number of phenolic OH excluding ortho intramolecular Hbond substituents is 2. The van der Waals surface area contributed by atoms with Gasteiger partial charge in [0.15, 0.2) is 34.5 Å². The number of thiocarbonyl (C=S) groups is 1. The SMILES string of the molecule is Nc1ncnc2c1ncn2[C@@H]1O[C@H](COP(=O)(O)OP(=O)(O)OP(=O)(O)O)[C@@H](OC(=O)NCCNC(=S)Nc2ccc3c(c2)C(=O)OC32c3ccc(O)cc3Oc3cc(O)ccc32)[C@H]1O. The molecule has 5 heterocycles. The summed E-state index contributed by atoms with van der Waals surface area (Å²) in [6, 6.07) is 13.5. The van der Waals surface area contributed by atoms with E-state index in [-0.39, 0.29) is 63.7 Å². The molecule has 6 atom stereocenters. The third-order valence-corrected chi connectivity index (χ3v) is 13.8. The number of aromatic hydroxyl groups is 2. The Balaban J connectivity index is 0.903. The fourth-order valence-corrected chi connectivity index (χ4v) is 10.5. The summed E-state index contributed by atoms with van der Waals surface area (Å²) in [5.74, 6) is -0.489. The average Bonchev–Trinajstić information content (AvgIpc) is 3.86. The molecule has 3 aromatic carbocycles. The minimum absolute atomic E-state index is 0.0196. The lowest BCUT2D eigenvalue weighted by atomic mass is 9.77. The number of esters is 1. The molecule has 27 nitrogen and oxygen atoms in total.